The van der Waals surface area contributed by atoms with Crippen LogP contribution >= 0.6 is 11.6 Å². The predicted octanol–water partition coefficient (Wildman–Crippen LogP) is 4.30. The lowest BCUT2D eigenvalue weighted by Crippen LogP contribution is -2.54. The van der Waals surface area contributed by atoms with Crippen LogP contribution in [0.15, 0.2) is 18.2 Å². The molecule has 2 rings (SSSR count). The number of rotatable bonds is 13. The molecule has 4 N–H and O–H groups in total. The van der Waals surface area contributed by atoms with E-state index in [0.29, 0.717) is 65.0 Å². The van der Waals surface area contributed by atoms with Crippen LogP contribution < -0.4 is 11.1 Å². The summed E-state index contributed by atoms with van der Waals surface area (Å²) in [5.74, 6) is -0.938. The number of halogens is 2. The SMILES string of the molecule is COCCCC[C@@](O)(c1cccc(Cl)c1F)[C@@H]1CCCN(C(=O)NC(CN)CC(C)(C)COC)C1. The number of hydrogen-bond donors (Lipinski definition) is 3. The van der Waals surface area contributed by atoms with Gasteiger partial charge in [-0.25, -0.2) is 9.18 Å². The lowest BCUT2D eigenvalue weighted by atomic mass is 9.74. The van der Waals surface area contributed by atoms with Gasteiger partial charge in [-0.3, -0.25) is 0 Å². The number of ether oxygens (including phenoxy) is 2. The topological polar surface area (TPSA) is 97.1 Å². The van der Waals surface area contributed by atoms with Crippen molar-refractivity contribution in [3.05, 3.63) is 34.6 Å². The Kier molecular flexibility index (Phi) is 11.7. The number of aliphatic hydroxyl groups is 1. The Hall–Kier alpha value is -1.45. The van der Waals surface area contributed by atoms with Crippen molar-refractivity contribution in [3.8, 4) is 0 Å². The zero-order valence-electron chi connectivity index (χ0n) is 21.6. The zero-order chi connectivity index (χ0) is 26.1. The third kappa shape index (κ3) is 8.29. The molecule has 1 aromatic rings. The molecule has 1 aromatic carbocycles. The monoisotopic (exact) mass is 515 g/mol. The minimum absolute atomic E-state index is 0.0207. The summed E-state index contributed by atoms with van der Waals surface area (Å²) >= 11 is 6.07. The van der Waals surface area contributed by atoms with Gasteiger partial charge in [-0.15, -0.1) is 0 Å². The van der Waals surface area contributed by atoms with Crippen LogP contribution in [0.3, 0.4) is 0 Å². The van der Waals surface area contributed by atoms with Crippen molar-refractivity contribution in [1.82, 2.24) is 10.2 Å². The lowest BCUT2D eigenvalue weighted by molar-refractivity contribution is -0.0588. The second-order valence-corrected chi connectivity index (χ2v) is 10.9. The minimum Gasteiger partial charge on any atom is -0.385 e. The Morgan fingerprint density at radius 3 is 2.74 bits per heavy atom. The second kappa shape index (κ2) is 13.7. The molecule has 1 heterocycles. The summed E-state index contributed by atoms with van der Waals surface area (Å²) in [5.41, 5.74) is 4.56. The Morgan fingerprint density at radius 1 is 1.34 bits per heavy atom. The fourth-order valence-electron chi connectivity index (χ4n) is 5.17. The number of nitrogens with one attached hydrogen (secondary N) is 1. The van der Waals surface area contributed by atoms with Crippen molar-refractivity contribution >= 4 is 17.6 Å². The maximum Gasteiger partial charge on any atom is 0.317 e. The number of urea groups is 1. The van der Waals surface area contributed by atoms with E-state index in [9.17, 15) is 9.90 Å². The summed E-state index contributed by atoms with van der Waals surface area (Å²) in [6, 6.07) is 4.31. The first-order valence-electron chi connectivity index (χ1n) is 12.5. The van der Waals surface area contributed by atoms with Gasteiger partial charge in [-0.05, 0) is 50.0 Å². The number of carbonyl (C=O) groups excluding carboxylic acids is 1. The molecule has 3 atom stereocenters. The van der Waals surface area contributed by atoms with E-state index in [1.807, 2.05) is 0 Å². The van der Waals surface area contributed by atoms with Gasteiger partial charge in [-0.1, -0.05) is 37.6 Å². The van der Waals surface area contributed by atoms with Crippen LogP contribution in [0.4, 0.5) is 9.18 Å². The Morgan fingerprint density at radius 2 is 2.09 bits per heavy atom. The number of nitrogens with two attached hydrogens (primary N) is 1. The molecule has 0 saturated carbocycles. The van der Waals surface area contributed by atoms with E-state index in [1.165, 1.54) is 6.07 Å². The van der Waals surface area contributed by atoms with Crippen molar-refractivity contribution in [2.75, 3.05) is 47.1 Å². The van der Waals surface area contributed by atoms with Crippen LogP contribution in [0.5, 0.6) is 0 Å². The molecule has 7 nitrogen and oxygen atoms in total. The van der Waals surface area contributed by atoms with E-state index in [0.717, 1.165) is 6.42 Å². The van der Waals surface area contributed by atoms with Crippen molar-refractivity contribution in [3.63, 3.8) is 0 Å². The molecule has 1 saturated heterocycles. The smallest absolute Gasteiger partial charge is 0.317 e. The second-order valence-electron chi connectivity index (χ2n) is 10.4. The first-order valence-corrected chi connectivity index (χ1v) is 12.9. The highest BCUT2D eigenvalue weighted by atomic mass is 35.5. The Balaban J connectivity index is 2.19. The molecular weight excluding hydrogens is 473 g/mol. The number of carbonyl (C=O) groups is 1. The first kappa shape index (κ1) is 29.8. The maximum absolute atomic E-state index is 15.1. The van der Waals surface area contributed by atoms with Gasteiger partial charge < -0.3 is 30.5 Å². The molecule has 0 aromatic heterocycles. The third-order valence-electron chi connectivity index (χ3n) is 6.90. The molecule has 1 aliphatic rings. The average molecular weight is 516 g/mol. The molecule has 200 valence electrons. The van der Waals surface area contributed by atoms with Crippen molar-refractivity contribution in [2.24, 2.45) is 17.1 Å². The van der Waals surface area contributed by atoms with E-state index in [-0.39, 0.29) is 34.0 Å². The van der Waals surface area contributed by atoms with Gasteiger partial charge in [0.25, 0.3) is 0 Å². The number of unbranched alkanes of at least 4 members (excludes halogenated alkanes) is 1. The van der Waals surface area contributed by atoms with Crippen LogP contribution in [0, 0.1) is 17.2 Å². The molecule has 0 aliphatic carbocycles. The standard InChI is InChI=1S/C26H43ClFN3O4/c1-25(2,18-35-4)15-20(16-29)30-24(32)31-13-8-9-19(17-31)26(33,12-5-6-14-34-3)21-10-7-11-22(27)23(21)28/h7,10-11,19-20,33H,5-6,8-9,12-18,29H2,1-4H3,(H,30,32)/t19-,20?,26+/m1/s1. The summed E-state index contributed by atoms with van der Waals surface area (Å²) in [6.07, 6.45) is 3.82. The van der Waals surface area contributed by atoms with Crippen LogP contribution in [-0.4, -0.2) is 69.1 Å². The summed E-state index contributed by atoms with van der Waals surface area (Å²) in [5, 5.41) is 15.0. The van der Waals surface area contributed by atoms with Crippen LogP contribution in [0.25, 0.3) is 0 Å². The van der Waals surface area contributed by atoms with Gasteiger partial charge >= 0.3 is 6.03 Å². The van der Waals surface area contributed by atoms with Crippen LogP contribution in [-0.2, 0) is 15.1 Å². The molecule has 1 unspecified atom stereocenters. The van der Waals surface area contributed by atoms with Gasteiger partial charge in [0, 0.05) is 58.0 Å². The van der Waals surface area contributed by atoms with Crippen molar-refractivity contribution < 1.29 is 23.8 Å². The van der Waals surface area contributed by atoms with Gasteiger partial charge in [0.2, 0.25) is 0 Å². The van der Waals surface area contributed by atoms with Gasteiger partial charge in [0.15, 0.2) is 0 Å². The molecule has 2 amide bonds. The first-order chi connectivity index (χ1) is 16.6. The molecule has 9 heteroatoms. The number of likely N-dealkylation sites (tertiary alicyclic amines) is 1. The Bertz CT molecular complexity index is 813. The van der Waals surface area contributed by atoms with Gasteiger partial charge in [-0.2, -0.15) is 0 Å². The fraction of sp³-hybridized carbons (Fsp3) is 0.731. The number of benzene rings is 1. The zero-order valence-corrected chi connectivity index (χ0v) is 22.4. The number of amides is 2. The highest BCUT2D eigenvalue weighted by Gasteiger charge is 2.43. The van der Waals surface area contributed by atoms with E-state index < -0.39 is 11.4 Å². The molecule has 0 radical (unpaired) electrons. The fourth-order valence-corrected chi connectivity index (χ4v) is 5.34. The third-order valence-corrected chi connectivity index (χ3v) is 7.20. The molecule has 1 aliphatic heterocycles. The number of nitrogens with zero attached hydrogens (tertiary/aromatic N) is 1. The molecular formula is C26H43ClFN3O4. The highest BCUT2D eigenvalue weighted by molar-refractivity contribution is 6.30. The van der Waals surface area contributed by atoms with E-state index >= 15 is 4.39 Å². The summed E-state index contributed by atoms with van der Waals surface area (Å²) in [4.78, 5) is 14.9. The Labute approximate surface area is 214 Å². The van der Waals surface area contributed by atoms with Crippen LogP contribution in [0.2, 0.25) is 5.02 Å². The van der Waals surface area contributed by atoms with Crippen LogP contribution in [0.1, 0.15) is 57.9 Å². The quantitative estimate of drug-likeness (QED) is 0.340. The minimum atomic E-state index is -1.45. The highest BCUT2D eigenvalue weighted by Crippen LogP contribution is 2.42. The molecule has 0 bridgehead atoms. The summed E-state index contributed by atoms with van der Waals surface area (Å²) in [7, 11) is 3.29. The van der Waals surface area contributed by atoms with Gasteiger partial charge in [0.1, 0.15) is 5.82 Å². The number of piperidine rings is 1. The van der Waals surface area contributed by atoms with E-state index in [1.54, 1.807) is 31.3 Å². The predicted molar refractivity (Wildman–Crippen MR) is 137 cm³/mol. The molecule has 0 spiro atoms. The largest absolute Gasteiger partial charge is 0.385 e. The van der Waals surface area contributed by atoms with Crippen molar-refractivity contribution in [2.45, 2.75) is 64.0 Å². The van der Waals surface area contributed by atoms with Crippen molar-refractivity contribution in [1.29, 1.82) is 0 Å². The molecule has 1 fully saturated rings. The number of hydrogen-bond acceptors (Lipinski definition) is 5. The lowest BCUT2D eigenvalue weighted by Gasteiger charge is -2.43. The number of methoxy groups -OCH3 is 2. The van der Waals surface area contributed by atoms with E-state index in [4.69, 9.17) is 26.8 Å². The van der Waals surface area contributed by atoms with E-state index in [2.05, 4.69) is 19.2 Å². The van der Waals surface area contributed by atoms with Gasteiger partial charge in [0.05, 0.1) is 17.2 Å². The molecule has 35 heavy (non-hydrogen) atoms. The maximum atomic E-state index is 15.1. The summed E-state index contributed by atoms with van der Waals surface area (Å²) < 4.78 is 25.5. The summed E-state index contributed by atoms with van der Waals surface area (Å²) in [6.45, 7) is 6.47. The average Bonchev–Trinajstić information content (AvgIpc) is 2.82. The normalized spacial score (nSPS) is 19.3.